The molecule has 0 aliphatic carbocycles. The van der Waals surface area contributed by atoms with E-state index in [-0.39, 0.29) is 18.8 Å². The smallest absolute Gasteiger partial charge is 0.310 e. The predicted molar refractivity (Wildman–Crippen MR) is 164 cm³/mol. The van der Waals surface area contributed by atoms with E-state index in [4.69, 9.17) is 4.74 Å². The second kappa shape index (κ2) is 17.9. The number of Topliss-reactive ketones (excluding diaryl/α,β-unsaturated/α-hetero) is 1. The summed E-state index contributed by atoms with van der Waals surface area (Å²) in [5.41, 5.74) is 0.651. The molecule has 0 aromatic heterocycles. The maximum Gasteiger partial charge on any atom is 0.310 e. The lowest BCUT2D eigenvalue weighted by Gasteiger charge is -2.39. The zero-order chi connectivity index (χ0) is 31.2. The fourth-order valence-corrected chi connectivity index (χ4v) is 4.50. The summed E-state index contributed by atoms with van der Waals surface area (Å²) in [4.78, 5) is 25.5. The standard InChI is InChI=1S/C34H50O7/c1-8-13-28(35)19-17-26(5)32(39)27(6)34(7)21-11-9-10-16-29(36)33(40)25(4)15-12-14-23(2)22-30(37)24(3)18-20-31(38)41-34/h8-16,18,22,26-30,32,35-37,39H,17,19-21H2,1-7H3/b11-9+,13-8-,14-12+,16-10+,23-22+,24-18+,25-15+/t26-,27+,28-,29+,30-,32-,34+/m1/s1. The Morgan fingerprint density at radius 1 is 1.05 bits per heavy atom. The lowest BCUT2D eigenvalue weighted by molar-refractivity contribution is -0.168. The molecule has 7 heteroatoms. The van der Waals surface area contributed by atoms with Crippen molar-refractivity contribution in [2.24, 2.45) is 11.8 Å². The van der Waals surface area contributed by atoms with Gasteiger partial charge in [-0.3, -0.25) is 9.59 Å². The van der Waals surface area contributed by atoms with E-state index in [1.54, 1.807) is 81.5 Å². The highest BCUT2D eigenvalue weighted by atomic mass is 16.6. The van der Waals surface area contributed by atoms with E-state index >= 15 is 0 Å². The lowest BCUT2D eigenvalue weighted by Crippen LogP contribution is -2.45. The van der Waals surface area contributed by atoms with Crippen LogP contribution in [0.4, 0.5) is 0 Å². The van der Waals surface area contributed by atoms with Crippen LogP contribution in [0.1, 0.15) is 74.1 Å². The van der Waals surface area contributed by atoms with Crippen molar-refractivity contribution >= 4 is 11.8 Å². The fraction of sp³-hybridized carbons (Fsp3) is 0.529. The summed E-state index contributed by atoms with van der Waals surface area (Å²) >= 11 is 0. The van der Waals surface area contributed by atoms with Crippen LogP contribution in [0, 0.1) is 11.8 Å². The molecule has 41 heavy (non-hydrogen) atoms. The summed E-state index contributed by atoms with van der Waals surface area (Å²) in [6, 6.07) is 0. The van der Waals surface area contributed by atoms with E-state index in [1.165, 1.54) is 6.08 Å². The molecule has 1 aliphatic heterocycles. The van der Waals surface area contributed by atoms with Gasteiger partial charge in [0.2, 0.25) is 0 Å². The Bertz CT molecular complexity index is 1070. The first-order valence-electron chi connectivity index (χ1n) is 14.4. The number of hydrogen-bond donors (Lipinski definition) is 4. The Morgan fingerprint density at radius 2 is 1.73 bits per heavy atom. The first-order chi connectivity index (χ1) is 19.2. The van der Waals surface area contributed by atoms with Crippen molar-refractivity contribution in [1.82, 2.24) is 0 Å². The van der Waals surface area contributed by atoms with Crippen LogP contribution in [0.2, 0.25) is 0 Å². The van der Waals surface area contributed by atoms with E-state index in [0.29, 0.717) is 24.0 Å². The molecule has 1 heterocycles. The molecule has 0 aromatic carbocycles. The highest BCUT2D eigenvalue weighted by Crippen LogP contribution is 2.33. The molecule has 0 radical (unpaired) electrons. The number of ether oxygens (including phenoxy) is 1. The molecule has 7 nitrogen and oxygen atoms in total. The molecule has 0 saturated carbocycles. The van der Waals surface area contributed by atoms with Gasteiger partial charge in [0.05, 0.1) is 24.7 Å². The van der Waals surface area contributed by atoms with Crippen LogP contribution in [-0.2, 0) is 14.3 Å². The number of rotatable bonds is 7. The molecule has 0 amide bonds. The van der Waals surface area contributed by atoms with Gasteiger partial charge in [0.25, 0.3) is 0 Å². The maximum atomic E-state index is 13.0. The van der Waals surface area contributed by atoms with Gasteiger partial charge < -0.3 is 25.2 Å². The van der Waals surface area contributed by atoms with E-state index < -0.39 is 47.7 Å². The van der Waals surface area contributed by atoms with Gasteiger partial charge in [0.1, 0.15) is 11.7 Å². The van der Waals surface area contributed by atoms with E-state index in [1.807, 2.05) is 27.7 Å². The number of hydrogen-bond acceptors (Lipinski definition) is 7. The minimum absolute atomic E-state index is 0.0466. The average molecular weight is 571 g/mol. The van der Waals surface area contributed by atoms with Crippen LogP contribution in [0.3, 0.4) is 0 Å². The largest absolute Gasteiger partial charge is 0.458 e. The average Bonchev–Trinajstić information content (AvgIpc) is 2.92. The summed E-state index contributed by atoms with van der Waals surface area (Å²) < 4.78 is 5.98. The Morgan fingerprint density at radius 3 is 2.39 bits per heavy atom. The fourth-order valence-electron chi connectivity index (χ4n) is 4.50. The topological polar surface area (TPSA) is 124 Å². The number of esters is 1. The number of carbonyl (C=O) groups excluding carboxylic acids is 2. The van der Waals surface area contributed by atoms with Gasteiger partial charge >= 0.3 is 5.97 Å². The zero-order valence-corrected chi connectivity index (χ0v) is 25.7. The van der Waals surface area contributed by atoms with Crippen molar-refractivity contribution < 1.29 is 34.8 Å². The van der Waals surface area contributed by atoms with Gasteiger partial charge in [0, 0.05) is 12.3 Å². The number of cyclic esters (lactones) is 1. The third kappa shape index (κ3) is 12.7. The lowest BCUT2D eigenvalue weighted by atomic mass is 9.78. The molecule has 0 aromatic rings. The first kappa shape index (κ1) is 36.2. The molecule has 1 rings (SSSR count). The van der Waals surface area contributed by atoms with Crippen molar-refractivity contribution in [3.63, 3.8) is 0 Å². The van der Waals surface area contributed by atoms with Crippen LogP contribution in [-0.4, -0.2) is 62.2 Å². The van der Waals surface area contributed by atoms with Crippen LogP contribution in [0.15, 0.2) is 83.6 Å². The summed E-state index contributed by atoms with van der Waals surface area (Å²) in [5, 5.41) is 42.1. The van der Waals surface area contributed by atoms with Crippen LogP contribution in [0.5, 0.6) is 0 Å². The number of carbonyl (C=O) groups is 2. The van der Waals surface area contributed by atoms with E-state index in [9.17, 15) is 30.0 Å². The van der Waals surface area contributed by atoms with Crippen molar-refractivity contribution in [3.8, 4) is 0 Å². The Labute approximate surface area is 246 Å². The summed E-state index contributed by atoms with van der Waals surface area (Å²) in [5.74, 6) is -1.54. The van der Waals surface area contributed by atoms with Gasteiger partial charge in [0.15, 0.2) is 5.78 Å². The number of allylic oxidation sites excluding steroid dienone is 7. The summed E-state index contributed by atoms with van der Waals surface area (Å²) in [6.07, 6.45) is 15.9. The Kier molecular flexibility index (Phi) is 15.8. The minimum Gasteiger partial charge on any atom is -0.458 e. The third-order valence-electron chi connectivity index (χ3n) is 7.64. The molecule has 0 unspecified atom stereocenters. The molecule has 0 fully saturated rings. The van der Waals surface area contributed by atoms with Crippen molar-refractivity contribution in [1.29, 1.82) is 0 Å². The normalized spacial score (nSPS) is 33.1. The van der Waals surface area contributed by atoms with Gasteiger partial charge in [-0.25, -0.2) is 0 Å². The van der Waals surface area contributed by atoms with Crippen molar-refractivity contribution in [2.75, 3.05) is 0 Å². The quantitative estimate of drug-likeness (QED) is 0.244. The predicted octanol–water partition coefficient (Wildman–Crippen LogP) is 5.23. The molecular formula is C34H50O7. The van der Waals surface area contributed by atoms with Crippen LogP contribution >= 0.6 is 0 Å². The molecule has 1 aliphatic rings. The second-order valence-electron chi connectivity index (χ2n) is 11.3. The SMILES string of the molecule is C/C=C\[C@@H](O)CC[C@@H](C)[C@@H](O)[C@H](C)[C@]1(C)C/C=C/C=C/[C@H](O)C(=O)/C(C)=C/C=C/C(C)=C/[C@@H](O)/C(C)=C/CC(=O)O1. The molecule has 0 bridgehead atoms. The number of ketones is 1. The number of aliphatic hydroxyl groups excluding tert-OH is 4. The highest BCUT2D eigenvalue weighted by molar-refractivity contribution is 5.99. The van der Waals surface area contributed by atoms with E-state index in [2.05, 4.69) is 0 Å². The summed E-state index contributed by atoms with van der Waals surface area (Å²) in [6.45, 7) is 12.5. The molecule has 0 spiro atoms. The molecule has 0 saturated heterocycles. The maximum absolute atomic E-state index is 13.0. The zero-order valence-electron chi connectivity index (χ0n) is 25.7. The first-order valence-corrected chi connectivity index (χ1v) is 14.4. The van der Waals surface area contributed by atoms with Crippen LogP contribution < -0.4 is 0 Å². The Balaban J connectivity index is 3.31. The minimum atomic E-state index is -1.31. The van der Waals surface area contributed by atoms with Gasteiger partial charge in [-0.05, 0) is 76.7 Å². The van der Waals surface area contributed by atoms with Gasteiger partial charge in [-0.1, -0.05) is 74.1 Å². The van der Waals surface area contributed by atoms with Gasteiger partial charge in [-0.15, -0.1) is 0 Å². The monoisotopic (exact) mass is 570 g/mol. The van der Waals surface area contributed by atoms with Crippen LogP contribution in [0.25, 0.3) is 0 Å². The molecule has 4 N–H and O–H groups in total. The third-order valence-corrected chi connectivity index (χ3v) is 7.64. The molecular weight excluding hydrogens is 520 g/mol. The molecule has 7 atom stereocenters. The van der Waals surface area contributed by atoms with Crippen molar-refractivity contribution in [2.45, 2.75) is 104 Å². The molecule has 228 valence electrons. The van der Waals surface area contributed by atoms with Crippen molar-refractivity contribution in [3.05, 3.63) is 83.6 Å². The summed E-state index contributed by atoms with van der Waals surface area (Å²) in [7, 11) is 0. The Hall–Kier alpha value is -2.84. The van der Waals surface area contributed by atoms with Gasteiger partial charge in [-0.2, -0.15) is 0 Å². The second-order valence-corrected chi connectivity index (χ2v) is 11.3. The highest BCUT2D eigenvalue weighted by Gasteiger charge is 2.40. The number of aliphatic hydroxyl groups is 4. The van der Waals surface area contributed by atoms with E-state index in [0.717, 1.165) is 5.57 Å².